The predicted molar refractivity (Wildman–Crippen MR) is 128 cm³/mol. The van der Waals surface area contributed by atoms with Gasteiger partial charge in [0.25, 0.3) is 5.91 Å². The van der Waals surface area contributed by atoms with Crippen molar-refractivity contribution in [3.63, 3.8) is 0 Å². The lowest BCUT2D eigenvalue weighted by Gasteiger charge is -2.13. The second kappa shape index (κ2) is 10.6. The zero-order chi connectivity index (χ0) is 23.0. The summed E-state index contributed by atoms with van der Waals surface area (Å²) in [5.74, 6) is 0.574. The molecule has 0 atom stereocenters. The van der Waals surface area contributed by atoms with E-state index >= 15 is 0 Å². The molecule has 0 aliphatic rings. The van der Waals surface area contributed by atoms with Crippen molar-refractivity contribution < 1.29 is 13.9 Å². The van der Waals surface area contributed by atoms with E-state index in [2.05, 4.69) is 21.4 Å². The van der Waals surface area contributed by atoms with Crippen molar-refractivity contribution in [3.8, 4) is 5.75 Å². The van der Waals surface area contributed by atoms with E-state index in [1.54, 1.807) is 12.1 Å². The monoisotopic (exact) mass is 443 g/mol. The minimum Gasteiger partial charge on any atom is -0.493 e. The highest BCUT2D eigenvalue weighted by atomic mass is 19.1. The number of imidazole rings is 1. The van der Waals surface area contributed by atoms with Crippen molar-refractivity contribution in [1.82, 2.24) is 14.9 Å². The summed E-state index contributed by atoms with van der Waals surface area (Å²) < 4.78 is 22.0. The Bertz CT molecular complexity index is 1270. The van der Waals surface area contributed by atoms with Gasteiger partial charge < -0.3 is 14.6 Å². The first kappa shape index (κ1) is 22.3. The molecule has 0 radical (unpaired) electrons. The van der Waals surface area contributed by atoms with Crippen LogP contribution in [0.2, 0.25) is 0 Å². The van der Waals surface area contributed by atoms with Crippen LogP contribution in [0.4, 0.5) is 4.39 Å². The molecular weight excluding hydrogens is 417 g/mol. The van der Waals surface area contributed by atoms with Gasteiger partial charge >= 0.3 is 0 Å². The third-order valence-electron chi connectivity index (χ3n) is 5.38. The minimum atomic E-state index is -0.544. The van der Waals surface area contributed by atoms with Gasteiger partial charge in [0.15, 0.2) is 0 Å². The van der Waals surface area contributed by atoms with E-state index in [1.165, 1.54) is 12.1 Å². The van der Waals surface area contributed by atoms with Gasteiger partial charge in [-0.1, -0.05) is 48.5 Å². The topological polar surface area (TPSA) is 56.1 Å². The van der Waals surface area contributed by atoms with E-state index in [4.69, 9.17) is 4.74 Å². The van der Waals surface area contributed by atoms with Crippen molar-refractivity contribution in [2.75, 3.05) is 6.61 Å². The molecule has 1 aromatic heterocycles. The first-order valence-corrected chi connectivity index (χ1v) is 11.0. The fourth-order valence-electron chi connectivity index (χ4n) is 3.78. The molecule has 0 fully saturated rings. The number of para-hydroxylation sites is 3. The Morgan fingerprint density at radius 1 is 1.06 bits per heavy atom. The van der Waals surface area contributed by atoms with Crippen LogP contribution >= 0.6 is 0 Å². The number of hydrogen-bond acceptors (Lipinski definition) is 3. The smallest absolute Gasteiger partial charge is 0.254 e. The van der Waals surface area contributed by atoms with Crippen molar-refractivity contribution >= 4 is 16.9 Å². The lowest BCUT2D eigenvalue weighted by molar-refractivity contribution is 0.0945. The number of halogens is 1. The Labute approximate surface area is 192 Å². The molecule has 3 aromatic carbocycles. The van der Waals surface area contributed by atoms with Crippen LogP contribution in [-0.4, -0.2) is 22.1 Å². The normalized spacial score (nSPS) is 10.8. The number of rotatable bonds is 10. The van der Waals surface area contributed by atoms with E-state index in [-0.39, 0.29) is 12.1 Å². The van der Waals surface area contributed by atoms with Crippen molar-refractivity contribution in [1.29, 1.82) is 0 Å². The molecule has 0 aliphatic heterocycles. The summed E-state index contributed by atoms with van der Waals surface area (Å²) in [5.41, 5.74) is 2.97. The number of carbonyl (C=O) groups excluding carboxylic acids is 1. The second-order valence-electron chi connectivity index (χ2n) is 7.63. The number of nitrogens with one attached hydrogen (secondary N) is 1. The van der Waals surface area contributed by atoms with Gasteiger partial charge in [-0.15, -0.1) is 6.58 Å². The molecule has 0 saturated carbocycles. The molecule has 1 N–H and O–H groups in total. The minimum absolute atomic E-state index is 0.0201. The Balaban J connectivity index is 1.44. The molecule has 1 amide bonds. The van der Waals surface area contributed by atoms with Crippen LogP contribution in [0.5, 0.6) is 5.75 Å². The average molecular weight is 444 g/mol. The van der Waals surface area contributed by atoms with E-state index in [9.17, 15) is 9.18 Å². The summed E-state index contributed by atoms with van der Waals surface area (Å²) in [6.07, 6.45) is 3.38. The number of fused-ring (bicyclic) bond motifs is 1. The van der Waals surface area contributed by atoms with Crippen LogP contribution in [-0.2, 0) is 19.5 Å². The molecular formula is C27H26FN3O2. The van der Waals surface area contributed by atoms with E-state index in [0.717, 1.165) is 35.2 Å². The number of hydrogen-bond donors (Lipinski definition) is 1. The highest BCUT2D eigenvalue weighted by Gasteiger charge is 2.14. The lowest BCUT2D eigenvalue weighted by atomic mass is 10.1. The molecule has 33 heavy (non-hydrogen) atoms. The standard InChI is InChI=1S/C27H26FN3O2/c1-2-10-20-11-3-8-16-25(20)33-18-9-17-31-24-15-7-6-14-23(24)30-26(31)19-29-27(32)21-12-4-5-13-22(21)28/h2-8,11-16H,1,9-10,17-19H2,(H,29,32). The molecule has 4 aromatic rings. The maximum Gasteiger partial charge on any atom is 0.254 e. The fraction of sp³-hybridized carbons (Fsp3) is 0.185. The van der Waals surface area contributed by atoms with E-state index in [1.807, 2.05) is 54.6 Å². The molecule has 1 heterocycles. The third-order valence-corrected chi connectivity index (χ3v) is 5.38. The SMILES string of the molecule is C=CCc1ccccc1OCCCn1c(CNC(=O)c2ccccc2F)nc2ccccc21. The van der Waals surface area contributed by atoms with Gasteiger partial charge in [-0.3, -0.25) is 4.79 Å². The Morgan fingerprint density at radius 3 is 2.67 bits per heavy atom. The molecule has 0 aliphatic carbocycles. The number of aryl methyl sites for hydroxylation is 1. The first-order chi connectivity index (χ1) is 16.2. The van der Waals surface area contributed by atoms with Crippen LogP contribution in [0.1, 0.15) is 28.2 Å². The number of carbonyl (C=O) groups is 1. The van der Waals surface area contributed by atoms with Gasteiger partial charge in [0.1, 0.15) is 17.4 Å². The maximum absolute atomic E-state index is 13.9. The number of amides is 1. The van der Waals surface area contributed by atoms with Gasteiger partial charge in [-0.2, -0.15) is 0 Å². The zero-order valence-corrected chi connectivity index (χ0v) is 18.3. The van der Waals surface area contributed by atoms with Crippen LogP contribution in [0.3, 0.4) is 0 Å². The maximum atomic E-state index is 13.9. The molecule has 5 nitrogen and oxygen atoms in total. The molecule has 0 saturated heterocycles. The summed E-state index contributed by atoms with van der Waals surface area (Å²) in [7, 11) is 0. The number of aromatic nitrogens is 2. The summed E-state index contributed by atoms with van der Waals surface area (Å²) in [5, 5.41) is 2.79. The molecule has 6 heteroatoms. The highest BCUT2D eigenvalue weighted by Crippen LogP contribution is 2.20. The van der Waals surface area contributed by atoms with Gasteiger partial charge in [0.05, 0.1) is 29.7 Å². The molecule has 0 bridgehead atoms. The lowest BCUT2D eigenvalue weighted by Crippen LogP contribution is -2.25. The Hall–Kier alpha value is -3.93. The molecule has 168 valence electrons. The van der Waals surface area contributed by atoms with Gasteiger partial charge in [0.2, 0.25) is 0 Å². The largest absolute Gasteiger partial charge is 0.493 e. The molecule has 0 spiro atoms. The molecule has 4 rings (SSSR count). The Kier molecular flexibility index (Phi) is 7.15. The average Bonchev–Trinajstić information content (AvgIpc) is 3.19. The zero-order valence-electron chi connectivity index (χ0n) is 18.3. The number of nitrogens with zero attached hydrogens (tertiary/aromatic N) is 2. The first-order valence-electron chi connectivity index (χ1n) is 11.0. The fourth-order valence-corrected chi connectivity index (χ4v) is 3.78. The Morgan fingerprint density at radius 2 is 1.82 bits per heavy atom. The summed E-state index contributed by atoms with van der Waals surface area (Å²) in [4.78, 5) is 17.1. The highest BCUT2D eigenvalue weighted by molar-refractivity contribution is 5.94. The van der Waals surface area contributed by atoms with Crippen LogP contribution in [0.25, 0.3) is 11.0 Å². The van der Waals surface area contributed by atoms with Crippen LogP contribution in [0, 0.1) is 5.82 Å². The van der Waals surface area contributed by atoms with Gasteiger partial charge in [0, 0.05) is 6.54 Å². The van der Waals surface area contributed by atoms with Crippen molar-refractivity contribution in [2.24, 2.45) is 0 Å². The van der Waals surface area contributed by atoms with E-state index < -0.39 is 11.7 Å². The van der Waals surface area contributed by atoms with Crippen molar-refractivity contribution in [2.45, 2.75) is 25.9 Å². The number of ether oxygens (including phenoxy) is 1. The second-order valence-corrected chi connectivity index (χ2v) is 7.63. The number of allylic oxidation sites excluding steroid dienone is 1. The van der Waals surface area contributed by atoms with Gasteiger partial charge in [-0.05, 0) is 48.7 Å². The summed E-state index contributed by atoms with van der Waals surface area (Å²) in [6.45, 7) is 5.22. The quantitative estimate of drug-likeness (QED) is 0.267. The summed E-state index contributed by atoms with van der Waals surface area (Å²) >= 11 is 0. The van der Waals surface area contributed by atoms with E-state index in [0.29, 0.717) is 19.0 Å². The molecule has 0 unspecified atom stereocenters. The van der Waals surface area contributed by atoms with Crippen LogP contribution in [0.15, 0.2) is 85.5 Å². The van der Waals surface area contributed by atoms with Gasteiger partial charge in [-0.25, -0.2) is 9.37 Å². The third kappa shape index (κ3) is 5.29. The van der Waals surface area contributed by atoms with Crippen LogP contribution < -0.4 is 10.1 Å². The number of benzene rings is 3. The van der Waals surface area contributed by atoms with Crippen molar-refractivity contribution in [3.05, 3.63) is 108 Å². The predicted octanol–water partition coefficient (Wildman–Crippen LogP) is 5.30. The summed E-state index contributed by atoms with van der Waals surface area (Å²) in [6, 6.07) is 21.7.